The van der Waals surface area contributed by atoms with Gasteiger partial charge < -0.3 is 14.6 Å². The van der Waals surface area contributed by atoms with Crippen molar-refractivity contribution in [3.8, 4) is 11.5 Å². The van der Waals surface area contributed by atoms with Crippen LogP contribution in [0, 0.1) is 10.1 Å². The molecule has 4 aromatic rings. The van der Waals surface area contributed by atoms with Crippen molar-refractivity contribution >= 4 is 5.69 Å². The maximum absolute atomic E-state index is 11.9. The topological polar surface area (TPSA) is 85.1 Å². The third-order valence-electron chi connectivity index (χ3n) is 7.22. The Kier molecular flexibility index (Phi) is 9.89. The number of aliphatic hydroxyl groups excluding tert-OH is 1. The predicted molar refractivity (Wildman–Crippen MR) is 157 cm³/mol. The molecule has 0 heterocycles. The van der Waals surface area contributed by atoms with Crippen molar-refractivity contribution < 1.29 is 19.5 Å². The fraction of sp³-hybridized carbons (Fsp3) is 0.273. The van der Waals surface area contributed by atoms with Gasteiger partial charge in [-0.05, 0) is 60.7 Å². The second-order valence-corrected chi connectivity index (χ2v) is 9.96. The molecule has 1 unspecified atom stereocenters. The van der Waals surface area contributed by atoms with Gasteiger partial charge in [0.25, 0.3) is 0 Å². The van der Waals surface area contributed by atoms with Crippen molar-refractivity contribution in [3.63, 3.8) is 0 Å². The molecule has 0 spiro atoms. The molecular formula is C33H36N2O5. The third-order valence-corrected chi connectivity index (χ3v) is 7.22. The summed E-state index contributed by atoms with van der Waals surface area (Å²) in [5, 5.41) is 23.3. The minimum Gasteiger partial charge on any atom is -0.497 e. The molecule has 0 fully saturated rings. The second kappa shape index (κ2) is 13.7. The largest absolute Gasteiger partial charge is 0.497 e. The number of hydrogen-bond acceptors (Lipinski definition) is 6. The Morgan fingerprint density at radius 1 is 0.850 bits per heavy atom. The van der Waals surface area contributed by atoms with Crippen molar-refractivity contribution in [2.24, 2.45) is 0 Å². The van der Waals surface area contributed by atoms with Crippen molar-refractivity contribution in [3.05, 3.63) is 135 Å². The molecule has 4 aromatic carbocycles. The van der Waals surface area contributed by atoms with Crippen LogP contribution in [-0.4, -0.2) is 34.6 Å². The number of nitro benzene ring substituents is 1. The van der Waals surface area contributed by atoms with Crippen LogP contribution < -0.4 is 9.47 Å². The fourth-order valence-corrected chi connectivity index (χ4v) is 4.91. The Labute approximate surface area is 235 Å². The van der Waals surface area contributed by atoms with Gasteiger partial charge in [0.1, 0.15) is 12.4 Å². The Morgan fingerprint density at radius 3 is 2.12 bits per heavy atom. The lowest BCUT2D eigenvalue weighted by Crippen LogP contribution is -2.39. The zero-order chi connectivity index (χ0) is 28.5. The van der Waals surface area contributed by atoms with E-state index in [0.717, 1.165) is 28.9 Å². The SMILES string of the molecule is COc1ccc(C[C@@H](C)N(C[C@H](O)c2ccc(OCc3ccccc3)c([N+](=O)[O-])c2)C(C)c2ccccc2)cc1. The number of ether oxygens (including phenoxy) is 2. The number of aliphatic hydroxyl groups is 1. The van der Waals surface area contributed by atoms with Crippen molar-refractivity contribution in [1.82, 2.24) is 4.90 Å². The molecule has 0 aliphatic carbocycles. The lowest BCUT2D eigenvalue weighted by atomic mass is 9.99. The first kappa shape index (κ1) is 28.8. The van der Waals surface area contributed by atoms with Gasteiger partial charge >= 0.3 is 5.69 Å². The van der Waals surface area contributed by atoms with Gasteiger partial charge in [0, 0.05) is 24.7 Å². The van der Waals surface area contributed by atoms with Crippen LogP contribution >= 0.6 is 0 Å². The van der Waals surface area contributed by atoms with Gasteiger partial charge in [0.15, 0.2) is 5.75 Å². The number of hydrogen-bond donors (Lipinski definition) is 1. The highest BCUT2D eigenvalue weighted by atomic mass is 16.6. The van der Waals surface area contributed by atoms with E-state index in [1.54, 1.807) is 19.2 Å². The van der Waals surface area contributed by atoms with E-state index >= 15 is 0 Å². The minimum absolute atomic E-state index is 0.00700. The lowest BCUT2D eigenvalue weighted by molar-refractivity contribution is -0.386. The average Bonchev–Trinajstić information content (AvgIpc) is 2.99. The van der Waals surface area contributed by atoms with Crippen LogP contribution in [0.25, 0.3) is 0 Å². The molecular weight excluding hydrogens is 504 g/mol. The smallest absolute Gasteiger partial charge is 0.311 e. The number of methoxy groups -OCH3 is 1. The molecule has 0 radical (unpaired) electrons. The summed E-state index contributed by atoms with van der Waals surface area (Å²) in [4.78, 5) is 13.7. The van der Waals surface area contributed by atoms with Crippen LogP contribution in [-0.2, 0) is 13.0 Å². The summed E-state index contributed by atoms with van der Waals surface area (Å²) >= 11 is 0. The molecule has 208 valence electrons. The van der Waals surface area contributed by atoms with E-state index in [4.69, 9.17) is 9.47 Å². The molecule has 0 bridgehead atoms. The highest BCUT2D eigenvalue weighted by molar-refractivity contribution is 5.49. The molecule has 0 amide bonds. The summed E-state index contributed by atoms with van der Waals surface area (Å²) in [7, 11) is 1.65. The average molecular weight is 541 g/mol. The zero-order valence-electron chi connectivity index (χ0n) is 23.1. The Hall–Kier alpha value is -4.20. The zero-order valence-corrected chi connectivity index (χ0v) is 23.1. The van der Waals surface area contributed by atoms with E-state index < -0.39 is 11.0 Å². The summed E-state index contributed by atoms with van der Waals surface area (Å²) in [6.45, 7) is 4.78. The summed E-state index contributed by atoms with van der Waals surface area (Å²) in [6.07, 6.45) is -0.174. The van der Waals surface area contributed by atoms with Crippen LogP contribution in [0.15, 0.2) is 103 Å². The van der Waals surface area contributed by atoms with E-state index in [1.165, 1.54) is 6.07 Å². The van der Waals surface area contributed by atoms with Gasteiger partial charge in [-0.15, -0.1) is 0 Å². The standard InChI is InChI=1S/C33H36N2O5/c1-24(20-26-14-17-30(39-3)18-15-26)34(25(2)28-12-8-5-9-13-28)22-32(36)29-16-19-33(31(21-29)35(37)38)40-23-27-10-6-4-7-11-27/h4-19,21,24-25,32,36H,20,22-23H2,1-3H3/t24-,25?,32+/m1/s1. The first-order valence-electron chi connectivity index (χ1n) is 13.4. The van der Waals surface area contributed by atoms with E-state index in [-0.39, 0.29) is 30.1 Å². The fourth-order valence-electron chi connectivity index (χ4n) is 4.91. The minimum atomic E-state index is -0.939. The molecule has 0 saturated heterocycles. The van der Waals surface area contributed by atoms with Gasteiger partial charge in [-0.25, -0.2) is 0 Å². The number of nitro groups is 1. The molecule has 4 rings (SSSR count). The number of benzene rings is 4. The van der Waals surface area contributed by atoms with Crippen LogP contribution in [0.5, 0.6) is 11.5 Å². The van der Waals surface area contributed by atoms with Gasteiger partial charge in [-0.3, -0.25) is 15.0 Å². The van der Waals surface area contributed by atoms with Gasteiger partial charge in [-0.1, -0.05) is 78.9 Å². The summed E-state index contributed by atoms with van der Waals surface area (Å²) in [5.74, 6) is 0.978. The Bertz CT molecular complexity index is 1360. The summed E-state index contributed by atoms with van der Waals surface area (Å²) in [5.41, 5.74) is 3.51. The Morgan fingerprint density at radius 2 is 1.50 bits per heavy atom. The number of rotatable bonds is 13. The van der Waals surface area contributed by atoms with Gasteiger partial charge in [-0.2, -0.15) is 0 Å². The molecule has 0 aromatic heterocycles. The van der Waals surface area contributed by atoms with E-state index in [1.807, 2.05) is 60.7 Å². The van der Waals surface area contributed by atoms with E-state index in [9.17, 15) is 15.2 Å². The van der Waals surface area contributed by atoms with Crippen LogP contribution in [0.2, 0.25) is 0 Å². The first-order valence-corrected chi connectivity index (χ1v) is 13.4. The molecule has 40 heavy (non-hydrogen) atoms. The Balaban J connectivity index is 1.55. The van der Waals surface area contributed by atoms with Crippen LogP contribution in [0.4, 0.5) is 5.69 Å². The van der Waals surface area contributed by atoms with E-state index in [0.29, 0.717) is 12.1 Å². The highest BCUT2D eigenvalue weighted by Gasteiger charge is 2.27. The predicted octanol–water partition coefficient (Wildman–Crippen LogP) is 6.91. The van der Waals surface area contributed by atoms with Crippen LogP contribution in [0.1, 0.15) is 48.2 Å². The number of nitrogens with zero attached hydrogens (tertiary/aromatic N) is 2. The maximum Gasteiger partial charge on any atom is 0.311 e. The highest BCUT2D eigenvalue weighted by Crippen LogP contribution is 2.33. The maximum atomic E-state index is 11.9. The second-order valence-electron chi connectivity index (χ2n) is 9.96. The van der Waals surface area contributed by atoms with Crippen LogP contribution in [0.3, 0.4) is 0 Å². The molecule has 0 saturated carbocycles. The summed E-state index contributed by atoms with van der Waals surface area (Å²) < 4.78 is 11.1. The van der Waals surface area contributed by atoms with Gasteiger partial charge in [0.2, 0.25) is 0 Å². The van der Waals surface area contributed by atoms with Crippen molar-refractivity contribution in [2.75, 3.05) is 13.7 Å². The quantitative estimate of drug-likeness (QED) is 0.147. The molecule has 7 nitrogen and oxygen atoms in total. The molecule has 0 aliphatic heterocycles. The molecule has 1 N–H and O–H groups in total. The molecule has 0 aliphatic rings. The van der Waals surface area contributed by atoms with Crippen molar-refractivity contribution in [1.29, 1.82) is 0 Å². The monoisotopic (exact) mass is 540 g/mol. The third kappa shape index (κ3) is 7.46. The lowest BCUT2D eigenvalue weighted by Gasteiger charge is -2.36. The van der Waals surface area contributed by atoms with Gasteiger partial charge in [0.05, 0.1) is 18.1 Å². The molecule has 3 atom stereocenters. The normalized spacial score (nSPS) is 13.4. The molecule has 7 heteroatoms. The van der Waals surface area contributed by atoms with E-state index in [2.05, 4.69) is 43.0 Å². The summed E-state index contributed by atoms with van der Waals surface area (Å²) in [6, 6.07) is 32.4. The first-order chi connectivity index (χ1) is 19.4. The van der Waals surface area contributed by atoms with Crippen molar-refractivity contribution in [2.45, 2.75) is 45.1 Å².